The molecule has 1 atom stereocenters. The predicted molar refractivity (Wildman–Crippen MR) is 56.2 cm³/mol. The first-order valence-corrected chi connectivity index (χ1v) is 5.18. The number of hydrogen-bond acceptors (Lipinski definition) is 5. The fraction of sp³-hybridized carbons (Fsp3) is 0.556. The summed E-state index contributed by atoms with van der Waals surface area (Å²) in [5.41, 5.74) is 5.38. The minimum atomic E-state index is -1.11. The standard InChI is InChI=1S/C9H13N5O3/c1-5(10)8(15)13-2-6(3-13)14-4-7(9(16)17)11-12-14/h4-6H,2-3,10H2,1H3,(H,16,17). The van der Waals surface area contributed by atoms with Crippen molar-refractivity contribution in [3.63, 3.8) is 0 Å². The molecule has 0 aromatic carbocycles. The highest BCUT2D eigenvalue weighted by atomic mass is 16.4. The van der Waals surface area contributed by atoms with Gasteiger partial charge in [0.25, 0.3) is 0 Å². The van der Waals surface area contributed by atoms with Crippen LogP contribution in [0.4, 0.5) is 0 Å². The number of amides is 1. The topological polar surface area (TPSA) is 114 Å². The predicted octanol–water partition coefficient (Wildman–Crippen LogP) is -1.29. The highest BCUT2D eigenvalue weighted by Crippen LogP contribution is 2.20. The number of carbonyl (C=O) groups is 2. The van der Waals surface area contributed by atoms with Crippen LogP contribution in [0.2, 0.25) is 0 Å². The molecule has 1 saturated heterocycles. The monoisotopic (exact) mass is 239 g/mol. The summed E-state index contributed by atoms with van der Waals surface area (Å²) in [6.45, 7) is 2.61. The van der Waals surface area contributed by atoms with Gasteiger partial charge in [0.15, 0.2) is 5.69 Å². The number of nitrogens with zero attached hydrogens (tertiary/aromatic N) is 4. The molecule has 0 radical (unpaired) electrons. The van der Waals surface area contributed by atoms with Crippen LogP contribution >= 0.6 is 0 Å². The van der Waals surface area contributed by atoms with E-state index in [1.165, 1.54) is 10.9 Å². The Morgan fingerprint density at radius 1 is 1.59 bits per heavy atom. The summed E-state index contributed by atoms with van der Waals surface area (Å²) in [4.78, 5) is 23.7. The molecule has 8 nitrogen and oxygen atoms in total. The zero-order valence-electron chi connectivity index (χ0n) is 9.28. The van der Waals surface area contributed by atoms with Crippen molar-refractivity contribution < 1.29 is 14.7 Å². The quantitative estimate of drug-likeness (QED) is 0.678. The molecular weight excluding hydrogens is 226 g/mol. The molecule has 1 aliphatic rings. The summed E-state index contributed by atoms with van der Waals surface area (Å²) in [5.74, 6) is -1.22. The number of carbonyl (C=O) groups excluding carboxylic acids is 1. The first-order chi connectivity index (χ1) is 7.99. The highest BCUT2D eigenvalue weighted by Gasteiger charge is 2.34. The Labute approximate surface area is 97.0 Å². The second-order valence-electron chi connectivity index (χ2n) is 4.07. The van der Waals surface area contributed by atoms with Crippen molar-refractivity contribution >= 4 is 11.9 Å². The van der Waals surface area contributed by atoms with Crippen molar-refractivity contribution in [1.29, 1.82) is 0 Å². The van der Waals surface area contributed by atoms with Gasteiger partial charge in [0.1, 0.15) is 0 Å². The van der Waals surface area contributed by atoms with Crippen molar-refractivity contribution in [1.82, 2.24) is 19.9 Å². The van der Waals surface area contributed by atoms with E-state index in [9.17, 15) is 9.59 Å². The lowest BCUT2D eigenvalue weighted by Crippen LogP contribution is -2.55. The average Bonchev–Trinajstić information content (AvgIpc) is 2.64. The number of aromatic nitrogens is 3. The second kappa shape index (κ2) is 4.13. The summed E-state index contributed by atoms with van der Waals surface area (Å²) >= 11 is 0. The maximum absolute atomic E-state index is 11.5. The van der Waals surface area contributed by atoms with Crippen LogP contribution in [0, 0.1) is 0 Å². The van der Waals surface area contributed by atoms with Gasteiger partial charge >= 0.3 is 5.97 Å². The summed E-state index contributed by atoms with van der Waals surface area (Å²) in [6, 6.07) is -0.528. The van der Waals surface area contributed by atoms with E-state index >= 15 is 0 Å². The zero-order chi connectivity index (χ0) is 12.6. The van der Waals surface area contributed by atoms with E-state index in [2.05, 4.69) is 10.3 Å². The fourth-order valence-corrected chi connectivity index (χ4v) is 1.64. The van der Waals surface area contributed by atoms with E-state index in [0.29, 0.717) is 13.1 Å². The third-order valence-corrected chi connectivity index (χ3v) is 2.67. The molecule has 2 rings (SSSR count). The van der Waals surface area contributed by atoms with Crippen molar-refractivity contribution in [3.8, 4) is 0 Å². The van der Waals surface area contributed by atoms with Crippen LogP contribution in [-0.4, -0.2) is 56.0 Å². The number of nitrogens with two attached hydrogens (primary N) is 1. The van der Waals surface area contributed by atoms with E-state index < -0.39 is 12.0 Å². The minimum absolute atomic E-state index is 0.0155. The van der Waals surface area contributed by atoms with Gasteiger partial charge < -0.3 is 15.7 Å². The first-order valence-electron chi connectivity index (χ1n) is 5.18. The summed E-state index contributed by atoms with van der Waals surface area (Å²) < 4.78 is 1.47. The minimum Gasteiger partial charge on any atom is -0.476 e. The van der Waals surface area contributed by atoms with E-state index in [4.69, 9.17) is 10.8 Å². The molecule has 0 saturated carbocycles. The Morgan fingerprint density at radius 3 is 2.71 bits per heavy atom. The molecule has 1 fully saturated rings. The molecule has 3 N–H and O–H groups in total. The molecule has 0 aliphatic carbocycles. The van der Waals surface area contributed by atoms with E-state index in [1.54, 1.807) is 11.8 Å². The van der Waals surface area contributed by atoms with Crippen LogP contribution in [0.15, 0.2) is 6.20 Å². The lowest BCUT2D eigenvalue weighted by Gasteiger charge is -2.39. The van der Waals surface area contributed by atoms with Gasteiger partial charge in [0, 0.05) is 13.1 Å². The molecule has 1 amide bonds. The normalized spacial score (nSPS) is 17.6. The fourth-order valence-electron chi connectivity index (χ4n) is 1.64. The summed E-state index contributed by atoms with van der Waals surface area (Å²) in [5, 5.41) is 15.9. The Kier molecular flexibility index (Phi) is 2.80. The zero-order valence-corrected chi connectivity index (χ0v) is 9.28. The number of aromatic carboxylic acids is 1. The molecule has 0 spiro atoms. The van der Waals surface area contributed by atoms with Crippen LogP contribution in [0.25, 0.3) is 0 Å². The van der Waals surface area contributed by atoms with Gasteiger partial charge in [-0.05, 0) is 6.92 Å². The van der Waals surface area contributed by atoms with Crippen molar-refractivity contribution in [2.24, 2.45) is 5.73 Å². The van der Waals surface area contributed by atoms with Gasteiger partial charge in [-0.15, -0.1) is 5.10 Å². The maximum Gasteiger partial charge on any atom is 0.358 e. The van der Waals surface area contributed by atoms with E-state index in [0.717, 1.165) is 0 Å². The third kappa shape index (κ3) is 2.11. The average molecular weight is 239 g/mol. The Hall–Kier alpha value is -1.96. The number of rotatable bonds is 3. The molecule has 1 unspecified atom stereocenters. The van der Waals surface area contributed by atoms with Gasteiger partial charge in [0.05, 0.1) is 18.3 Å². The van der Waals surface area contributed by atoms with Gasteiger partial charge in [-0.2, -0.15) is 0 Å². The molecule has 2 heterocycles. The molecule has 17 heavy (non-hydrogen) atoms. The SMILES string of the molecule is CC(N)C(=O)N1CC(n2cc(C(=O)O)nn2)C1. The Morgan fingerprint density at radius 2 is 2.24 bits per heavy atom. The van der Waals surface area contributed by atoms with Crippen molar-refractivity contribution in [2.75, 3.05) is 13.1 Å². The van der Waals surface area contributed by atoms with Gasteiger partial charge in [0.2, 0.25) is 5.91 Å². The number of likely N-dealkylation sites (tertiary alicyclic amines) is 1. The van der Waals surface area contributed by atoms with Crippen LogP contribution < -0.4 is 5.73 Å². The molecule has 1 aromatic heterocycles. The van der Waals surface area contributed by atoms with Crippen molar-refractivity contribution in [2.45, 2.75) is 19.0 Å². The third-order valence-electron chi connectivity index (χ3n) is 2.67. The van der Waals surface area contributed by atoms with E-state index in [-0.39, 0.29) is 17.6 Å². The lowest BCUT2D eigenvalue weighted by molar-refractivity contribution is -0.138. The van der Waals surface area contributed by atoms with Gasteiger partial charge in [-0.1, -0.05) is 5.21 Å². The molecule has 92 valence electrons. The molecule has 1 aliphatic heterocycles. The summed E-state index contributed by atoms with van der Waals surface area (Å²) in [6.07, 6.45) is 1.36. The number of carboxylic acid groups (broad SMARTS) is 1. The number of carboxylic acids is 1. The molecule has 0 bridgehead atoms. The molecule has 8 heteroatoms. The van der Waals surface area contributed by atoms with Gasteiger partial charge in [-0.3, -0.25) is 4.79 Å². The Balaban J connectivity index is 1.95. The maximum atomic E-state index is 11.5. The molecule has 1 aromatic rings. The smallest absolute Gasteiger partial charge is 0.358 e. The highest BCUT2D eigenvalue weighted by molar-refractivity contribution is 5.84. The van der Waals surface area contributed by atoms with Crippen LogP contribution in [0.1, 0.15) is 23.5 Å². The van der Waals surface area contributed by atoms with Gasteiger partial charge in [-0.25, -0.2) is 9.48 Å². The van der Waals surface area contributed by atoms with Crippen LogP contribution in [0.3, 0.4) is 0 Å². The van der Waals surface area contributed by atoms with Crippen LogP contribution in [0.5, 0.6) is 0 Å². The largest absolute Gasteiger partial charge is 0.476 e. The molecular formula is C9H13N5O3. The Bertz CT molecular complexity index is 449. The lowest BCUT2D eigenvalue weighted by atomic mass is 10.1. The second-order valence-corrected chi connectivity index (χ2v) is 4.07. The van der Waals surface area contributed by atoms with Crippen molar-refractivity contribution in [3.05, 3.63) is 11.9 Å². The summed E-state index contributed by atoms with van der Waals surface area (Å²) in [7, 11) is 0. The number of hydrogen-bond donors (Lipinski definition) is 2. The van der Waals surface area contributed by atoms with Crippen LogP contribution in [-0.2, 0) is 4.79 Å². The van der Waals surface area contributed by atoms with E-state index in [1.807, 2.05) is 0 Å². The first kappa shape index (κ1) is 11.5.